The normalized spacial score (nSPS) is 11.4. The van der Waals surface area contributed by atoms with Gasteiger partial charge in [0.15, 0.2) is 6.61 Å². The van der Waals surface area contributed by atoms with E-state index in [4.69, 9.17) is 10.1 Å². The maximum absolute atomic E-state index is 12.3. The van der Waals surface area contributed by atoms with Crippen LogP contribution in [-0.2, 0) is 4.79 Å². The first-order valence-corrected chi connectivity index (χ1v) is 9.80. The van der Waals surface area contributed by atoms with Crippen molar-refractivity contribution < 1.29 is 9.53 Å². The van der Waals surface area contributed by atoms with Crippen LogP contribution in [0.2, 0.25) is 0 Å². The van der Waals surface area contributed by atoms with Crippen LogP contribution < -0.4 is 15.4 Å². The third kappa shape index (κ3) is 5.03. The summed E-state index contributed by atoms with van der Waals surface area (Å²) in [6.45, 7) is 3.70. The predicted octanol–water partition coefficient (Wildman–Crippen LogP) is 4.10. The summed E-state index contributed by atoms with van der Waals surface area (Å²) >= 11 is 0. The maximum Gasteiger partial charge on any atom is 0.258 e. The summed E-state index contributed by atoms with van der Waals surface area (Å²) in [5.74, 6) is 0.652. The largest absolute Gasteiger partial charge is 0.468 e. The van der Waals surface area contributed by atoms with Gasteiger partial charge in [-0.15, -0.1) is 0 Å². The second kappa shape index (κ2) is 9.69. The van der Waals surface area contributed by atoms with Crippen LogP contribution in [-0.4, -0.2) is 30.3 Å². The fraction of sp³-hybridized carbons (Fsp3) is 0.208. The van der Waals surface area contributed by atoms with Gasteiger partial charge in [0.1, 0.15) is 5.82 Å². The molecule has 3 aromatic rings. The minimum absolute atomic E-state index is 0.112. The molecular weight excluding hydrogens is 376 g/mol. The lowest BCUT2D eigenvalue weighted by molar-refractivity contribution is -0.123. The number of nitrogens with one attached hydrogen (secondary N) is 3. The van der Waals surface area contributed by atoms with Crippen molar-refractivity contribution in [2.75, 3.05) is 19.0 Å². The fourth-order valence-electron chi connectivity index (χ4n) is 3.21. The van der Waals surface area contributed by atoms with Crippen LogP contribution in [0.25, 0.3) is 0 Å². The van der Waals surface area contributed by atoms with Crippen LogP contribution in [0.5, 0.6) is 5.88 Å². The molecule has 1 atom stereocenters. The molecular formula is C24H26N4O2. The number of ether oxygens (including phenoxy) is 1. The second-order valence-corrected chi connectivity index (χ2v) is 6.98. The van der Waals surface area contributed by atoms with Crippen molar-refractivity contribution >= 4 is 17.4 Å². The summed E-state index contributed by atoms with van der Waals surface area (Å²) in [5.41, 5.74) is 3.77. The SMILES string of the molecule is CNc1nc(OCC(=O)N[C@@H](C)c2ccccc2)cc(C)c1C(=N)c1ccccc1. The van der Waals surface area contributed by atoms with E-state index in [1.54, 1.807) is 13.1 Å². The van der Waals surface area contributed by atoms with Gasteiger partial charge in [-0.2, -0.15) is 4.98 Å². The highest BCUT2D eigenvalue weighted by Gasteiger charge is 2.17. The molecule has 0 aliphatic heterocycles. The standard InChI is InChI=1S/C24H26N4O2/c1-16-14-21(30-15-20(29)27-17(2)18-10-6-4-7-11-18)28-24(26-3)22(16)23(25)19-12-8-5-9-13-19/h4-14,17,25H,15H2,1-3H3,(H,26,28)(H,27,29)/t17-/m0/s1. The number of benzene rings is 2. The van der Waals surface area contributed by atoms with Gasteiger partial charge in [-0.05, 0) is 25.0 Å². The average Bonchev–Trinajstić information content (AvgIpc) is 2.78. The first kappa shape index (κ1) is 21.0. The zero-order chi connectivity index (χ0) is 21.5. The van der Waals surface area contributed by atoms with Gasteiger partial charge in [-0.3, -0.25) is 10.2 Å². The summed E-state index contributed by atoms with van der Waals surface area (Å²) in [5, 5.41) is 14.5. The molecule has 2 aromatic carbocycles. The van der Waals surface area contributed by atoms with E-state index in [1.807, 2.05) is 74.5 Å². The van der Waals surface area contributed by atoms with E-state index in [9.17, 15) is 4.79 Å². The van der Waals surface area contributed by atoms with E-state index in [2.05, 4.69) is 15.6 Å². The Balaban J connectivity index is 1.69. The van der Waals surface area contributed by atoms with Crippen LogP contribution in [0.4, 0.5) is 5.82 Å². The summed E-state index contributed by atoms with van der Waals surface area (Å²) in [6, 6.07) is 20.9. The summed E-state index contributed by atoms with van der Waals surface area (Å²) in [6.07, 6.45) is 0. The first-order chi connectivity index (χ1) is 14.5. The smallest absolute Gasteiger partial charge is 0.258 e. The van der Waals surface area contributed by atoms with E-state index in [1.165, 1.54) is 0 Å². The summed E-state index contributed by atoms with van der Waals surface area (Å²) in [7, 11) is 1.75. The van der Waals surface area contributed by atoms with Gasteiger partial charge in [0.05, 0.1) is 11.8 Å². The van der Waals surface area contributed by atoms with E-state index in [-0.39, 0.29) is 18.6 Å². The molecule has 1 amide bonds. The van der Waals surface area contributed by atoms with Crippen LogP contribution in [0, 0.1) is 12.3 Å². The van der Waals surface area contributed by atoms with Gasteiger partial charge in [-0.1, -0.05) is 60.7 Å². The maximum atomic E-state index is 12.3. The minimum Gasteiger partial charge on any atom is -0.468 e. The van der Waals surface area contributed by atoms with Crippen LogP contribution in [0.1, 0.15) is 35.2 Å². The first-order valence-electron chi connectivity index (χ1n) is 9.80. The molecule has 0 aliphatic carbocycles. The minimum atomic E-state index is -0.224. The van der Waals surface area contributed by atoms with Crippen molar-refractivity contribution in [3.8, 4) is 5.88 Å². The quantitative estimate of drug-likeness (QED) is 0.495. The number of pyridine rings is 1. The molecule has 6 heteroatoms. The molecule has 0 radical (unpaired) electrons. The number of nitrogens with zero attached hydrogens (tertiary/aromatic N) is 1. The molecule has 3 rings (SSSR count). The Kier molecular flexibility index (Phi) is 6.80. The van der Waals surface area contributed by atoms with Crippen molar-refractivity contribution in [1.82, 2.24) is 10.3 Å². The summed E-state index contributed by atoms with van der Waals surface area (Å²) < 4.78 is 5.63. The molecule has 0 saturated carbocycles. The predicted molar refractivity (Wildman–Crippen MR) is 119 cm³/mol. The van der Waals surface area contributed by atoms with E-state index in [0.717, 1.165) is 16.7 Å². The number of aryl methyl sites for hydroxylation is 1. The zero-order valence-corrected chi connectivity index (χ0v) is 17.4. The molecule has 1 heterocycles. The molecule has 6 nitrogen and oxygen atoms in total. The topological polar surface area (TPSA) is 87.1 Å². The summed E-state index contributed by atoms with van der Waals surface area (Å²) in [4.78, 5) is 16.7. The second-order valence-electron chi connectivity index (χ2n) is 6.98. The molecule has 0 fully saturated rings. The van der Waals surface area contributed by atoms with Crippen molar-refractivity contribution in [2.24, 2.45) is 0 Å². The van der Waals surface area contributed by atoms with Gasteiger partial charge < -0.3 is 15.4 Å². The number of hydrogen-bond acceptors (Lipinski definition) is 5. The molecule has 0 spiro atoms. The molecule has 0 aliphatic rings. The van der Waals surface area contributed by atoms with Crippen molar-refractivity contribution in [2.45, 2.75) is 19.9 Å². The average molecular weight is 402 g/mol. The van der Waals surface area contributed by atoms with Crippen LogP contribution in [0.3, 0.4) is 0 Å². The highest BCUT2D eigenvalue weighted by atomic mass is 16.5. The van der Waals surface area contributed by atoms with Crippen molar-refractivity contribution in [1.29, 1.82) is 5.41 Å². The Hall–Kier alpha value is -3.67. The third-order valence-electron chi connectivity index (χ3n) is 4.77. The monoisotopic (exact) mass is 402 g/mol. The van der Waals surface area contributed by atoms with E-state index < -0.39 is 0 Å². The number of hydrogen-bond donors (Lipinski definition) is 3. The fourth-order valence-corrected chi connectivity index (χ4v) is 3.21. The molecule has 0 bridgehead atoms. The van der Waals surface area contributed by atoms with Gasteiger partial charge in [0, 0.05) is 24.2 Å². The van der Waals surface area contributed by atoms with Crippen LogP contribution in [0.15, 0.2) is 66.7 Å². The molecule has 1 aromatic heterocycles. The number of carbonyl (C=O) groups excluding carboxylic acids is 1. The van der Waals surface area contributed by atoms with Crippen LogP contribution >= 0.6 is 0 Å². The zero-order valence-electron chi connectivity index (χ0n) is 17.4. The number of anilines is 1. The van der Waals surface area contributed by atoms with Gasteiger partial charge in [-0.25, -0.2) is 0 Å². The van der Waals surface area contributed by atoms with Gasteiger partial charge >= 0.3 is 0 Å². The lowest BCUT2D eigenvalue weighted by atomic mass is 9.99. The number of amides is 1. The Labute approximate surface area is 176 Å². The van der Waals surface area contributed by atoms with Crippen molar-refractivity contribution in [3.05, 3.63) is 89.0 Å². The van der Waals surface area contributed by atoms with Gasteiger partial charge in [0.2, 0.25) is 5.88 Å². The van der Waals surface area contributed by atoms with Crippen molar-refractivity contribution in [3.63, 3.8) is 0 Å². The molecule has 0 unspecified atom stereocenters. The Morgan fingerprint density at radius 3 is 2.37 bits per heavy atom. The molecule has 154 valence electrons. The molecule has 3 N–H and O–H groups in total. The van der Waals surface area contributed by atoms with Gasteiger partial charge in [0.25, 0.3) is 5.91 Å². The lowest BCUT2D eigenvalue weighted by Crippen LogP contribution is -2.31. The number of carbonyl (C=O) groups is 1. The van der Waals surface area contributed by atoms with E-state index in [0.29, 0.717) is 23.0 Å². The highest BCUT2D eigenvalue weighted by Crippen LogP contribution is 2.25. The number of aromatic nitrogens is 1. The number of rotatable bonds is 8. The molecule has 0 saturated heterocycles. The Morgan fingerprint density at radius 2 is 1.73 bits per heavy atom. The molecule has 30 heavy (non-hydrogen) atoms. The third-order valence-corrected chi connectivity index (χ3v) is 4.77. The lowest BCUT2D eigenvalue weighted by Gasteiger charge is -2.16. The highest BCUT2D eigenvalue weighted by molar-refractivity contribution is 6.14. The Morgan fingerprint density at radius 1 is 1.10 bits per heavy atom. The van der Waals surface area contributed by atoms with E-state index >= 15 is 0 Å². The Bertz CT molecular complexity index is 1020.